The van der Waals surface area contributed by atoms with E-state index < -0.39 is 0 Å². The molecule has 2 rings (SSSR count). The highest BCUT2D eigenvalue weighted by Crippen LogP contribution is 2.21. The van der Waals surface area contributed by atoms with Gasteiger partial charge in [-0.2, -0.15) is 0 Å². The highest BCUT2D eigenvalue weighted by Gasteiger charge is 2.18. The molecule has 1 heterocycles. The van der Waals surface area contributed by atoms with Gasteiger partial charge in [-0.3, -0.25) is 0 Å². The summed E-state index contributed by atoms with van der Waals surface area (Å²) in [5.74, 6) is 0.741. The molecule has 1 aromatic rings. The Balaban J connectivity index is 1.71. The van der Waals surface area contributed by atoms with E-state index in [0.717, 1.165) is 30.8 Å². The van der Waals surface area contributed by atoms with E-state index in [4.69, 9.17) is 0 Å². The van der Waals surface area contributed by atoms with Crippen LogP contribution >= 0.6 is 0 Å². The number of hydrogen-bond donors (Lipinski definition) is 1. The second-order valence-electron chi connectivity index (χ2n) is 4.87. The topological polar surface area (TPSA) is 41.1 Å². The van der Waals surface area contributed by atoms with Crippen LogP contribution in [0.3, 0.4) is 0 Å². The second-order valence-corrected chi connectivity index (χ2v) is 4.87. The van der Waals surface area contributed by atoms with E-state index in [1.54, 1.807) is 6.20 Å². The standard InChI is InChI=1S/C13H22N4/c1-11-7-8-14-13(16-11)15-9-10-17(2)12-5-3-4-6-12/h7-8,12H,3-6,9-10H2,1-2H3,(H,14,15,16). The van der Waals surface area contributed by atoms with E-state index in [9.17, 15) is 0 Å². The summed E-state index contributed by atoms with van der Waals surface area (Å²) < 4.78 is 0. The zero-order valence-corrected chi connectivity index (χ0v) is 10.8. The van der Waals surface area contributed by atoms with Gasteiger partial charge in [-0.15, -0.1) is 0 Å². The molecule has 4 nitrogen and oxygen atoms in total. The van der Waals surface area contributed by atoms with Gasteiger partial charge in [0.15, 0.2) is 0 Å². The van der Waals surface area contributed by atoms with E-state index in [0.29, 0.717) is 0 Å². The van der Waals surface area contributed by atoms with Crippen molar-refractivity contribution in [1.29, 1.82) is 0 Å². The first-order valence-corrected chi connectivity index (χ1v) is 6.49. The molecule has 0 spiro atoms. The van der Waals surface area contributed by atoms with Crippen molar-refractivity contribution in [2.75, 3.05) is 25.5 Å². The minimum Gasteiger partial charge on any atom is -0.353 e. The number of aromatic nitrogens is 2. The van der Waals surface area contributed by atoms with Crippen molar-refractivity contribution in [2.45, 2.75) is 38.6 Å². The molecule has 1 fully saturated rings. The van der Waals surface area contributed by atoms with E-state index in [1.165, 1.54) is 25.7 Å². The van der Waals surface area contributed by atoms with Crippen molar-refractivity contribution in [3.05, 3.63) is 18.0 Å². The molecule has 1 aromatic heterocycles. The Kier molecular flexibility index (Phi) is 4.31. The Morgan fingerprint density at radius 1 is 1.41 bits per heavy atom. The lowest BCUT2D eigenvalue weighted by Gasteiger charge is -2.23. The van der Waals surface area contributed by atoms with Crippen molar-refractivity contribution in [3.63, 3.8) is 0 Å². The van der Waals surface area contributed by atoms with Gasteiger partial charge in [0.1, 0.15) is 0 Å². The molecular weight excluding hydrogens is 212 g/mol. The van der Waals surface area contributed by atoms with Crippen LogP contribution in [0, 0.1) is 6.92 Å². The maximum Gasteiger partial charge on any atom is 0.222 e. The van der Waals surface area contributed by atoms with E-state index in [2.05, 4.69) is 27.2 Å². The molecule has 17 heavy (non-hydrogen) atoms. The smallest absolute Gasteiger partial charge is 0.222 e. The summed E-state index contributed by atoms with van der Waals surface area (Å²) >= 11 is 0. The Morgan fingerprint density at radius 2 is 2.18 bits per heavy atom. The average Bonchev–Trinajstić information content (AvgIpc) is 2.82. The quantitative estimate of drug-likeness (QED) is 0.847. The SMILES string of the molecule is Cc1ccnc(NCCN(C)C2CCCC2)n1. The number of anilines is 1. The van der Waals surface area contributed by atoms with Crippen LogP contribution < -0.4 is 5.32 Å². The molecule has 0 aliphatic heterocycles. The third-order valence-electron chi connectivity index (χ3n) is 3.49. The minimum absolute atomic E-state index is 0.741. The second kappa shape index (κ2) is 5.96. The monoisotopic (exact) mass is 234 g/mol. The van der Waals surface area contributed by atoms with E-state index in [1.807, 2.05) is 13.0 Å². The third-order valence-corrected chi connectivity index (χ3v) is 3.49. The maximum absolute atomic E-state index is 4.33. The summed E-state index contributed by atoms with van der Waals surface area (Å²) in [6.45, 7) is 3.95. The normalized spacial score (nSPS) is 16.6. The van der Waals surface area contributed by atoms with Gasteiger partial charge in [-0.05, 0) is 32.9 Å². The van der Waals surface area contributed by atoms with Crippen molar-refractivity contribution < 1.29 is 0 Å². The first-order chi connectivity index (χ1) is 8.25. The number of nitrogens with one attached hydrogen (secondary N) is 1. The van der Waals surface area contributed by atoms with Gasteiger partial charge < -0.3 is 10.2 Å². The molecule has 94 valence electrons. The summed E-state index contributed by atoms with van der Waals surface area (Å²) in [6.07, 6.45) is 7.30. The first kappa shape index (κ1) is 12.3. The number of aryl methyl sites for hydroxylation is 1. The lowest BCUT2D eigenvalue weighted by Crippen LogP contribution is -2.33. The predicted molar refractivity (Wildman–Crippen MR) is 70.1 cm³/mol. The number of rotatable bonds is 5. The van der Waals surface area contributed by atoms with Gasteiger partial charge in [0.05, 0.1) is 0 Å². The average molecular weight is 234 g/mol. The van der Waals surface area contributed by atoms with Crippen LogP contribution in [0.25, 0.3) is 0 Å². The largest absolute Gasteiger partial charge is 0.353 e. The molecule has 0 aromatic carbocycles. The highest BCUT2D eigenvalue weighted by atomic mass is 15.2. The van der Waals surface area contributed by atoms with Gasteiger partial charge in [0, 0.05) is 31.0 Å². The molecule has 0 atom stereocenters. The summed E-state index contributed by atoms with van der Waals surface area (Å²) in [6, 6.07) is 2.70. The summed E-state index contributed by atoms with van der Waals surface area (Å²) in [5.41, 5.74) is 1.01. The lowest BCUT2D eigenvalue weighted by molar-refractivity contribution is 0.254. The molecule has 4 heteroatoms. The lowest BCUT2D eigenvalue weighted by atomic mass is 10.2. The fourth-order valence-electron chi connectivity index (χ4n) is 2.41. The summed E-state index contributed by atoms with van der Waals surface area (Å²) in [5, 5.41) is 3.28. The van der Waals surface area contributed by atoms with Crippen molar-refractivity contribution in [3.8, 4) is 0 Å². The Hall–Kier alpha value is -1.16. The molecule has 1 saturated carbocycles. The summed E-state index contributed by atoms with van der Waals surface area (Å²) in [4.78, 5) is 11.0. The van der Waals surface area contributed by atoms with Crippen LogP contribution in [0.5, 0.6) is 0 Å². The van der Waals surface area contributed by atoms with Crippen LogP contribution in [0.4, 0.5) is 5.95 Å². The van der Waals surface area contributed by atoms with Gasteiger partial charge in [0.2, 0.25) is 5.95 Å². The molecule has 1 N–H and O–H groups in total. The molecule has 1 aliphatic carbocycles. The third kappa shape index (κ3) is 3.66. The van der Waals surface area contributed by atoms with Crippen LogP contribution in [0.2, 0.25) is 0 Å². The molecule has 0 radical (unpaired) electrons. The Morgan fingerprint density at radius 3 is 2.88 bits per heavy atom. The highest BCUT2D eigenvalue weighted by molar-refractivity contribution is 5.24. The number of likely N-dealkylation sites (N-methyl/N-ethyl adjacent to an activating group) is 1. The molecule has 0 saturated heterocycles. The molecule has 0 amide bonds. The van der Waals surface area contributed by atoms with Gasteiger partial charge in [0.25, 0.3) is 0 Å². The number of hydrogen-bond acceptors (Lipinski definition) is 4. The van der Waals surface area contributed by atoms with Crippen molar-refractivity contribution in [1.82, 2.24) is 14.9 Å². The van der Waals surface area contributed by atoms with Gasteiger partial charge >= 0.3 is 0 Å². The zero-order valence-electron chi connectivity index (χ0n) is 10.8. The first-order valence-electron chi connectivity index (χ1n) is 6.49. The zero-order chi connectivity index (χ0) is 12.1. The van der Waals surface area contributed by atoms with Gasteiger partial charge in [-0.25, -0.2) is 9.97 Å². The fourth-order valence-corrected chi connectivity index (χ4v) is 2.41. The van der Waals surface area contributed by atoms with E-state index >= 15 is 0 Å². The Labute approximate surface area is 103 Å². The molecular formula is C13H22N4. The fraction of sp³-hybridized carbons (Fsp3) is 0.692. The minimum atomic E-state index is 0.741. The molecule has 1 aliphatic rings. The van der Waals surface area contributed by atoms with Crippen LogP contribution in [-0.2, 0) is 0 Å². The van der Waals surface area contributed by atoms with Gasteiger partial charge in [-0.1, -0.05) is 12.8 Å². The van der Waals surface area contributed by atoms with Crippen LogP contribution in [0.15, 0.2) is 12.3 Å². The maximum atomic E-state index is 4.33. The molecule has 0 bridgehead atoms. The van der Waals surface area contributed by atoms with Crippen LogP contribution in [-0.4, -0.2) is 41.0 Å². The van der Waals surface area contributed by atoms with E-state index in [-0.39, 0.29) is 0 Å². The van der Waals surface area contributed by atoms with Crippen LogP contribution in [0.1, 0.15) is 31.4 Å². The number of nitrogens with zero attached hydrogens (tertiary/aromatic N) is 3. The predicted octanol–water partition coefficient (Wildman–Crippen LogP) is 2.07. The van der Waals surface area contributed by atoms with Crippen molar-refractivity contribution in [2.24, 2.45) is 0 Å². The van der Waals surface area contributed by atoms with Crippen molar-refractivity contribution >= 4 is 5.95 Å². The molecule has 0 unspecified atom stereocenters. The Bertz CT molecular complexity index is 347. The summed E-state index contributed by atoms with van der Waals surface area (Å²) in [7, 11) is 2.22.